The number of methoxy groups -OCH3 is 1. The summed E-state index contributed by atoms with van der Waals surface area (Å²) >= 11 is 0. The third kappa shape index (κ3) is 1.90. The van der Waals surface area contributed by atoms with Gasteiger partial charge in [0.15, 0.2) is 0 Å². The van der Waals surface area contributed by atoms with Crippen molar-refractivity contribution in [3.05, 3.63) is 29.3 Å². The average molecular weight is 241 g/mol. The third-order valence-corrected chi connectivity index (χ3v) is 3.45. The van der Waals surface area contributed by atoms with Gasteiger partial charge >= 0.3 is 0 Å². The van der Waals surface area contributed by atoms with Crippen LogP contribution in [0.25, 0.3) is 0 Å². The fraction of sp³-hybridized carbons (Fsp3) is 0.538. The summed E-state index contributed by atoms with van der Waals surface area (Å²) in [5, 5.41) is 2.96. The number of hydrogen-bond donors (Lipinski definition) is 1. The van der Waals surface area contributed by atoms with Crippen LogP contribution in [0.4, 0.5) is 8.78 Å². The van der Waals surface area contributed by atoms with Crippen LogP contribution in [0.1, 0.15) is 24.5 Å². The van der Waals surface area contributed by atoms with Crippen molar-refractivity contribution in [1.82, 2.24) is 5.32 Å². The summed E-state index contributed by atoms with van der Waals surface area (Å²) in [6.45, 7) is 2.38. The van der Waals surface area contributed by atoms with Crippen molar-refractivity contribution in [2.24, 2.45) is 0 Å². The predicted octanol–water partition coefficient (Wildman–Crippen LogP) is 2.71. The first-order valence-electron chi connectivity index (χ1n) is 5.84. The van der Waals surface area contributed by atoms with E-state index in [1.165, 1.54) is 0 Å². The second-order valence-electron chi connectivity index (χ2n) is 4.33. The first-order valence-corrected chi connectivity index (χ1v) is 5.84. The van der Waals surface area contributed by atoms with E-state index in [2.05, 4.69) is 5.32 Å². The lowest BCUT2D eigenvalue weighted by molar-refractivity contribution is 0.0289. The van der Waals surface area contributed by atoms with Gasteiger partial charge in [0.1, 0.15) is 11.3 Å². The van der Waals surface area contributed by atoms with Gasteiger partial charge in [-0.1, -0.05) is 13.0 Å². The fourth-order valence-electron chi connectivity index (χ4n) is 2.59. The highest BCUT2D eigenvalue weighted by atomic mass is 19.3. The summed E-state index contributed by atoms with van der Waals surface area (Å²) in [5.74, 6) is 0.633. The Hall–Kier alpha value is -1.16. The Kier molecular flexibility index (Phi) is 3.33. The molecule has 4 heteroatoms. The molecule has 1 aromatic carbocycles. The standard InChI is InChI=1S/C13H17F2NO/c1-3-16-13(12(14)15)7-6-9-4-5-10(17-2)8-11(9)13/h4-5,8,12,16H,3,6-7H2,1-2H3. The fourth-order valence-corrected chi connectivity index (χ4v) is 2.59. The van der Waals surface area contributed by atoms with Crippen molar-refractivity contribution in [3.8, 4) is 5.75 Å². The highest BCUT2D eigenvalue weighted by Gasteiger charge is 2.46. The molecule has 0 aliphatic heterocycles. The topological polar surface area (TPSA) is 21.3 Å². The molecular weight excluding hydrogens is 224 g/mol. The van der Waals surface area contributed by atoms with Gasteiger partial charge in [-0.2, -0.15) is 0 Å². The molecule has 2 nitrogen and oxygen atoms in total. The van der Waals surface area contributed by atoms with Crippen LogP contribution in [0.3, 0.4) is 0 Å². The van der Waals surface area contributed by atoms with E-state index in [1.54, 1.807) is 13.2 Å². The van der Waals surface area contributed by atoms with E-state index >= 15 is 0 Å². The lowest BCUT2D eigenvalue weighted by Gasteiger charge is -2.30. The number of rotatable bonds is 4. The van der Waals surface area contributed by atoms with Gasteiger partial charge in [0.2, 0.25) is 0 Å². The minimum atomic E-state index is -2.41. The highest BCUT2D eigenvalue weighted by molar-refractivity contribution is 5.44. The van der Waals surface area contributed by atoms with Crippen molar-refractivity contribution >= 4 is 0 Å². The molecule has 0 heterocycles. The molecule has 1 unspecified atom stereocenters. The molecule has 0 saturated carbocycles. The molecule has 0 radical (unpaired) electrons. The van der Waals surface area contributed by atoms with Gasteiger partial charge in [0, 0.05) is 0 Å². The maximum Gasteiger partial charge on any atom is 0.260 e. The minimum Gasteiger partial charge on any atom is -0.497 e. The number of aryl methyl sites for hydroxylation is 1. The van der Waals surface area contributed by atoms with Crippen LogP contribution in [0, 0.1) is 0 Å². The quantitative estimate of drug-likeness (QED) is 0.875. The largest absolute Gasteiger partial charge is 0.497 e. The zero-order valence-corrected chi connectivity index (χ0v) is 10.1. The molecule has 1 aromatic rings. The molecule has 0 saturated heterocycles. The van der Waals surface area contributed by atoms with Crippen molar-refractivity contribution < 1.29 is 13.5 Å². The molecule has 0 aromatic heterocycles. The van der Waals surface area contributed by atoms with E-state index in [9.17, 15) is 8.78 Å². The molecule has 1 atom stereocenters. The highest BCUT2D eigenvalue weighted by Crippen LogP contribution is 2.42. The van der Waals surface area contributed by atoms with E-state index in [-0.39, 0.29) is 0 Å². The lowest BCUT2D eigenvalue weighted by Crippen LogP contribution is -2.46. The van der Waals surface area contributed by atoms with Gasteiger partial charge < -0.3 is 10.1 Å². The average Bonchev–Trinajstić information content (AvgIpc) is 2.69. The Morgan fingerprint density at radius 2 is 2.24 bits per heavy atom. The normalized spacial score (nSPS) is 22.9. The minimum absolute atomic E-state index is 0.445. The molecule has 2 rings (SSSR count). The molecule has 0 bridgehead atoms. The van der Waals surface area contributed by atoms with Gasteiger partial charge in [-0.15, -0.1) is 0 Å². The smallest absolute Gasteiger partial charge is 0.260 e. The number of alkyl halides is 2. The van der Waals surface area contributed by atoms with Gasteiger partial charge in [-0.05, 0) is 42.6 Å². The molecule has 17 heavy (non-hydrogen) atoms. The van der Waals surface area contributed by atoms with Crippen LogP contribution in [-0.4, -0.2) is 20.1 Å². The second kappa shape index (κ2) is 4.61. The molecule has 0 amide bonds. The zero-order valence-electron chi connectivity index (χ0n) is 10.1. The van der Waals surface area contributed by atoms with E-state index in [1.807, 2.05) is 19.1 Å². The molecule has 1 N–H and O–H groups in total. The van der Waals surface area contributed by atoms with Gasteiger partial charge in [-0.3, -0.25) is 0 Å². The van der Waals surface area contributed by atoms with Crippen LogP contribution in [0.5, 0.6) is 5.75 Å². The molecule has 94 valence electrons. The first-order chi connectivity index (χ1) is 8.14. The summed E-state index contributed by atoms with van der Waals surface area (Å²) in [6, 6.07) is 5.44. The van der Waals surface area contributed by atoms with E-state index in [0.29, 0.717) is 30.7 Å². The van der Waals surface area contributed by atoms with Crippen molar-refractivity contribution in [1.29, 1.82) is 0 Å². The molecule has 1 aliphatic rings. The number of hydrogen-bond acceptors (Lipinski definition) is 2. The van der Waals surface area contributed by atoms with Gasteiger partial charge in [0.05, 0.1) is 7.11 Å². The molecule has 0 spiro atoms. The van der Waals surface area contributed by atoms with E-state index in [0.717, 1.165) is 5.56 Å². The summed E-state index contributed by atoms with van der Waals surface area (Å²) in [7, 11) is 1.55. The summed E-state index contributed by atoms with van der Waals surface area (Å²) in [4.78, 5) is 0. The Morgan fingerprint density at radius 3 is 2.82 bits per heavy atom. The Morgan fingerprint density at radius 1 is 1.47 bits per heavy atom. The number of ether oxygens (including phenoxy) is 1. The van der Waals surface area contributed by atoms with E-state index < -0.39 is 12.0 Å². The molecule has 0 fully saturated rings. The maximum absolute atomic E-state index is 13.4. The Bertz CT molecular complexity index is 404. The van der Waals surface area contributed by atoms with Crippen molar-refractivity contribution in [2.45, 2.75) is 31.7 Å². The molecular formula is C13H17F2NO. The number of fused-ring (bicyclic) bond motifs is 1. The zero-order chi connectivity index (χ0) is 12.5. The number of halogens is 2. The van der Waals surface area contributed by atoms with Crippen LogP contribution < -0.4 is 10.1 Å². The monoisotopic (exact) mass is 241 g/mol. The van der Waals surface area contributed by atoms with Gasteiger partial charge in [-0.25, -0.2) is 8.78 Å². The predicted molar refractivity (Wildman–Crippen MR) is 62.7 cm³/mol. The van der Waals surface area contributed by atoms with Crippen LogP contribution in [0.15, 0.2) is 18.2 Å². The second-order valence-corrected chi connectivity index (χ2v) is 4.33. The van der Waals surface area contributed by atoms with Crippen LogP contribution >= 0.6 is 0 Å². The summed E-state index contributed by atoms with van der Waals surface area (Å²) < 4.78 is 31.9. The number of benzene rings is 1. The van der Waals surface area contributed by atoms with Crippen molar-refractivity contribution in [3.63, 3.8) is 0 Å². The van der Waals surface area contributed by atoms with Crippen LogP contribution in [-0.2, 0) is 12.0 Å². The van der Waals surface area contributed by atoms with Gasteiger partial charge in [0.25, 0.3) is 6.43 Å². The summed E-state index contributed by atoms with van der Waals surface area (Å²) in [5.41, 5.74) is 0.485. The first kappa shape index (κ1) is 12.3. The summed E-state index contributed by atoms with van der Waals surface area (Å²) in [6.07, 6.45) is -1.27. The molecule has 1 aliphatic carbocycles. The Balaban J connectivity index is 2.47. The number of nitrogens with one attached hydrogen (secondary N) is 1. The maximum atomic E-state index is 13.4. The lowest BCUT2D eigenvalue weighted by atomic mass is 9.92. The SMILES string of the molecule is CCNC1(C(F)F)CCc2ccc(OC)cc21. The Labute approximate surface area is 100.0 Å². The van der Waals surface area contributed by atoms with Crippen molar-refractivity contribution in [2.75, 3.05) is 13.7 Å². The van der Waals surface area contributed by atoms with E-state index in [4.69, 9.17) is 4.74 Å². The third-order valence-electron chi connectivity index (χ3n) is 3.45. The van der Waals surface area contributed by atoms with Crippen LogP contribution in [0.2, 0.25) is 0 Å².